The first-order chi connectivity index (χ1) is 14.4. The summed E-state index contributed by atoms with van der Waals surface area (Å²) in [5.41, 5.74) is 6.55. The van der Waals surface area contributed by atoms with Crippen molar-refractivity contribution >= 4 is 29.0 Å². The molecule has 0 unspecified atom stereocenters. The third-order valence-electron chi connectivity index (χ3n) is 5.01. The highest BCUT2D eigenvalue weighted by Crippen LogP contribution is 2.22. The molecule has 0 saturated heterocycles. The van der Waals surface area contributed by atoms with Gasteiger partial charge in [-0.2, -0.15) is 0 Å². The molecule has 0 aliphatic rings. The molecule has 2 aromatic carbocycles. The Labute approximate surface area is 182 Å². The Bertz CT molecular complexity index is 1020. The number of hydrogen-bond donors (Lipinski definition) is 2. The second-order valence-corrected chi connectivity index (χ2v) is 8.36. The van der Waals surface area contributed by atoms with Crippen LogP contribution in [-0.2, 0) is 17.9 Å². The van der Waals surface area contributed by atoms with E-state index in [1.807, 2.05) is 36.6 Å². The Morgan fingerprint density at radius 1 is 1.03 bits per heavy atom. The van der Waals surface area contributed by atoms with Crippen molar-refractivity contribution in [2.75, 3.05) is 16.4 Å². The van der Waals surface area contributed by atoms with Gasteiger partial charge < -0.3 is 15.2 Å². The maximum absolute atomic E-state index is 12.5. The minimum Gasteiger partial charge on any atom is -0.378 e. The van der Waals surface area contributed by atoms with Crippen molar-refractivity contribution in [3.63, 3.8) is 0 Å². The molecule has 0 aliphatic carbocycles. The number of benzene rings is 2. The Morgan fingerprint density at radius 3 is 2.43 bits per heavy atom. The van der Waals surface area contributed by atoms with Crippen LogP contribution < -0.4 is 10.6 Å². The van der Waals surface area contributed by atoms with Gasteiger partial charge in [-0.25, -0.2) is 0 Å². The predicted molar refractivity (Wildman–Crippen MR) is 124 cm³/mol. The molecule has 158 valence electrons. The number of carbonyl (C=O) groups excluding carboxylic acids is 1. The molecule has 2 N–H and O–H groups in total. The van der Waals surface area contributed by atoms with Gasteiger partial charge >= 0.3 is 0 Å². The number of carbonyl (C=O) groups is 1. The molecule has 3 aromatic rings. The van der Waals surface area contributed by atoms with Gasteiger partial charge in [-0.15, -0.1) is 10.2 Å². The smallest absolute Gasteiger partial charge is 0.234 e. The molecule has 1 amide bonds. The molecule has 1 aromatic heterocycles. The third kappa shape index (κ3) is 5.21. The molecular formula is C23H29N5OS. The Balaban J connectivity index is 1.62. The number of anilines is 2. The number of para-hydroxylation sites is 1. The van der Waals surface area contributed by atoms with E-state index in [2.05, 4.69) is 59.8 Å². The minimum atomic E-state index is -0.0435. The van der Waals surface area contributed by atoms with Gasteiger partial charge in [0, 0.05) is 17.9 Å². The average molecular weight is 424 g/mol. The normalized spacial score (nSPS) is 10.8. The second-order valence-electron chi connectivity index (χ2n) is 7.42. The molecule has 0 atom stereocenters. The van der Waals surface area contributed by atoms with Crippen LogP contribution in [0.1, 0.15) is 35.0 Å². The lowest BCUT2D eigenvalue weighted by molar-refractivity contribution is -0.113. The summed E-state index contributed by atoms with van der Waals surface area (Å²) in [5.74, 6) is 1.10. The molecule has 0 saturated carbocycles. The van der Waals surface area contributed by atoms with E-state index in [1.165, 1.54) is 22.9 Å². The summed E-state index contributed by atoms with van der Waals surface area (Å²) >= 11 is 1.41. The summed E-state index contributed by atoms with van der Waals surface area (Å²) in [6.07, 6.45) is 0. The van der Waals surface area contributed by atoms with Crippen LogP contribution in [-0.4, -0.2) is 26.4 Å². The highest BCUT2D eigenvalue weighted by molar-refractivity contribution is 7.99. The summed E-state index contributed by atoms with van der Waals surface area (Å²) in [6.45, 7) is 11.6. The lowest BCUT2D eigenvalue weighted by Crippen LogP contribution is -2.16. The van der Waals surface area contributed by atoms with Crippen LogP contribution in [0, 0.1) is 27.7 Å². The van der Waals surface area contributed by atoms with Gasteiger partial charge in [-0.1, -0.05) is 47.7 Å². The van der Waals surface area contributed by atoms with Crippen LogP contribution in [0.15, 0.2) is 41.6 Å². The highest BCUT2D eigenvalue weighted by Gasteiger charge is 2.14. The summed E-state index contributed by atoms with van der Waals surface area (Å²) in [4.78, 5) is 12.5. The van der Waals surface area contributed by atoms with Crippen LogP contribution in [0.3, 0.4) is 0 Å². The molecule has 0 radical (unpaired) electrons. The van der Waals surface area contributed by atoms with Crippen LogP contribution >= 0.6 is 11.8 Å². The zero-order valence-electron chi connectivity index (χ0n) is 18.2. The maximum atomic E-state index is 12.5. The lowest BCUT2D eigenvalue weighted by Gasteiger charge is -2.12. The number of hydrogen-bond acceptors (Lipinski definition) is 5. The summed E-state index contributed by atoms with van der Waals surface area (Å²) in [7, 11) is 0. The second kappa shape index (κ2) is 9.80. The molecule has 0 aliphatic heterocycles. The van der Waals surface area contributed by atoms with Gasteiger partial charge in [0.15, 0.2) is 11.0 Å². The van der Waals surface area contributed by atoms with Crippen molar-refractivity contribution in [1.29, 1.82) is 0 Å². The zero-order valence-corrected chi connectivity index (χ0v) is 19.1. The Kier molecular flexibility index (Phi) is 7.15. The van der Waals surface area contributed by atoms with Crippen molar-refractivity contribution in [2.24, 2.45) is 0 Å². The standard InChI is InChI=1S/C23H29N5OS/c1-6-28-20(13-24-19-11-10-15(2)12-18(19)5)26-27-23(28)30-14-21(29)25-22-16(3)8-7-9-17(22)4/h7-12,24H,6,13-14H2,1-5H3,(H,25,29). The van der Waals surface area contributed by atoms with Gasteiger partial charge in [0.2, 0.25) is 5.91 Å². The fourth-order valence-electron chi connectivity index (χ4n) is 3.38. The SMILES string of the molecule is CCn1c(CNc2ccc(C)cc2C)nnc1SCC(=O)Nc1c(C)cccc1C. The number of amides is 1. The topological polar surface area (TPSA) is 71.8 Å². The van der Waals surface area contributed by atoms with Crippen molar-refractivity contribution in [3.05, 3.63) is 64.5 Å². The fourth-order valence-corrected chi connectivity index (χ4v) is 4.20. The monoisotopic (exact) mass is 423 g/mol. The summed E-state index contributed by atoms with van der Waals surface area (Å²) < 4.78 is 2.05. The van der Waals surface area contributed by atoms with Crippen molar-refractivity contribution in [1.82, 2.24) is 14.8 Å². The van der Waals surface area contributed by atoms with Gasteiger partial charge in [-0.05, 0) is 57.4 Å². The van der Waals surface area contributed by atoms with E-state index in [0.29, 0.717) is 6.54 Å². The van der Waals surface area contributed by atoms with Crippen molar-refractivity contribution in [2.45, 2.75) is 52.9 Å². The van der Waals surface area contributed by atoms with Crippen LogP contribution in [0.2, 0.25) is 0 Å². The van der Waals surface area contributed by atoms with E-state index in [-0.39, 0.29) is 11.7 Å². The lowest BCUT2D eigenvalue weighted by atomic mass is 10.1. The highest BCUT2D eigenvalue weighted by atomic mass is 32.2. The summed E-state index contributed by atoms with van der Waals surface area (Å²) in [6, 6.07) is 12.3. The third-order valence-corrected chi connectivity index (χ3v) is 5.97. The maximum Gasteiger partial charge on any atom is 0.234 e. The molecule has 3 rings (SSSR count). The molecule has 0 bridgehead atoms. The van der Waals surface area contributed by atoms with Gasteiger partial charge in [-0.3, -0.25) is 4.79 Å². The molecule has 1 heterocycles. The largest absolute Gasteiger partial charge is 0.378 e. The van der Waals surface area contributed by atoms with E-state index in [4.69, 9.17) is 0 Å². The van der Waals surface area contributed by atoms with Crippen molar-refractivity contribution in [3.8, 4) is 0 Å². The van der Waals surface area contributed by atoms with E-state index >= 15 is 0 Å². The number of aryl methyl sites for hydroxylation is 4. The van der Waals surface area contributed by atoms with Crippen LogP contribution in [0.4, 0.5) is 11.4 Å². The predicted octanol–water partition coefficient (Wildman–Crippen LogP) is 4.87. The van der Waals surface area contributed by atoms with Crippen LogP contribution in [0.25, 0.3) is 0 Å². The molecule has 30 heavy (non-hydrogen) atoms. The zero-order chi connectivity index (χ0) is 21.7. The minimum absolute atomic E-state index is 0.0435. The fraction of sp³-hybridized carbons (Fsp3) is 0.348. The van der Waals surface area contributed by atoms with Crippen LogP contribution in [0.5, 0.6) is 0 Å². The van der Waals surface area contributed by atoms with E-state index in [9.17, 15) is 4.79 Å². The molecule has 0 spiro atoms. The number of thioether (sulfide) groups is 1. The van der Waals surface area contributed by atoms with Crippen molar-refractivity contribution < 1.29 is 4.79 Å². The molecular weight excluding hydrogens is 394 g/mol. The molecule has 7 heteroatoms. The number of nitrogens with one attached hydrogen (secondary N) is 2. The Morgan fingerprint density at radius 2 is 1.77 bits per heavy atom. The number of rotatable bonds is 8. The average Bonchev–Trinajstić information content (AvgIpc) is 3.10. The Hall–Kier alpha value is -2.80. The first-order valence-corrected chi connectivity index (χ1v) is 11.1. The molecule has 0 fully saturated rings. The van der Waals surface area contributed by atoms with Gasteiger partial charge in [0.05, 0.1) is 12.3 Å². The van der Waals surface area contributed by atoms with E-state index in [0.717, 1.165) is 40.0 Å². The number of aromatic nitrogens is 3. The molecule has 6 nitrogen and oxygen atoms in total. The number of nitrogens with zero attached hydrogens (tertiary/aromatic N) is 3. The first-order valence-electron chi connectivity index (χ1n) is 10.1. The van der Waals surface area contributed by atoms with Gasteiger partial charge in [0.1, 0.15) is 0 Å². The van der Waals surface area contributed by atoms with E-state index in [1.54, 1.807) is 0 Å². The quantitative estimate of drug-likeness (QED) is 0.506. The van der Waals surface area contributed by atoms with E-state index < -0.39 is 0 Å². The summed E-state index contributed by atoms with van der Waals surface area (Å²) in [5, 5.41) is 15.9. The van der Waals surface area contributed by atoms with Gasteiger partial charge in [0.25, 0.3) is 0 Å². The first kappa shape index (κ1) is 21.9.